The topological polar surface area (TPSA) is 44.8 Å². The zero-order chi connectivity index (χ0) is 17.0. The van der Waals surface area contributed by atoms with Crippen molar-refractivity contribution >= 4 is 28.7 Å². The van der Waals surface area contributed by atoms with Crippen molar-refractivity contribution in [3.8, 4) is 11.5 Å². The Labute approximate surface area is 149 Å². The summed E-state index contributed by atoms with van der Waals surface area (Å²) in [6.07, 6.45) is -0.740. The molecule has 2 aromatic rings. The van der Waals surface area contributed by atoms with Crippen LogP contribution in [0, 0.1) is 24.3 Å². The summed E-state index contributed by atoms with van der Waals surface area (Å²) in [5.74, 6) is 1.28. The van der Waals surface area contributed by atoms with E-state index in [0.29, 0.717) is 12.4 Å². The molecule has 0 radical (unpaired) electrons. The first-order valence-corrected chi connectivity index (χ1v) is 8.24. The lowest BCUT2D eigenvalue weighted by molar-refractivity contribution is 0.120. The second-order valence-corrected chi connectivity index (χ2v) is 6.43. The number of rotatable bonds is 4. The Morgan fingerprint density at radius 1 is 1.04 bits per heavy atom. The third-order valence-corrected chi connectivity index (χ3v) is 4.61. The molecular weight excluding hydrogens is 407 g/mol. The van der Waals surface area contributed by atoms with Crippen LogP contribution in [0.1, 0.15) is 22.3 Å². The van der Waals surface area contributed by atoms with E-state index in [1.165, 1.54) is 18.2 Å². The molecule has 0 saturated heterocycles. The van der Waals surface area contributed by atoms with E-state index >= 15 is 0 Å². The molecular formula is C18H19IO4. The number of carbonyl (C=O) groups is 1. The Morgan fingerprint density at radius 2 is 1.74 bits per heavy atom. The fourth-order valence-corrected chi connectivity index (χ4v) is 2.77. The SMILES string of the molecule is COC(=O)Oc1cccc(I)c1COc1cc(C)c(C)cc1C. The quantitative estimate of drug-likeness (QED) is 0.395. The molecule has 4 nitrogen and oxygen atoms in total. The number of halogens is 1. The van der Waals surface area contributed by atoms with E-state index in [1.54, 1.807) is 6.07 Å². The smallest absolute Gasteiger partial charge is 0.488 e. The minimum atomic E-state index is -0.740. The van der Waals surface area contributed by atoms with Crippen molar-refractivity contribution in [2.75, 3.05) is 7.11 Å². The molecule has 5 heteroatoms. The largest absolute Gasteiger partial charge is 0.513 e. The molecule has 0 aromatic heterocycles. The van der Waals surface area contributed by atoms with E-state index in [9.17, 15) is 4.79 Å². The molecule has 2 aromatic carbocycles. The summed E-state index contributed by atoms with van der Waals surface area (Å²) in [6.45, 7) is 6.46. The number of hydrogen-bond acceptors (Lipinski definition) is 4. The lowest BCUT2D eigenvalue weighted by atomic mass is 10.1. The van der Waals surface area contributed by atoms with Crippen LogP contribution in [0.4, 0.5) is 4.79 Å². The molecule has 122 valence electrons. The summed E-state index contributed by atoms with van der Waals surface area (Å²) in [5.41, 5.74) is 4.31. The molecule has 0 amide bonds. The van der Waals surface area contributed by atoms with Gasteiger partial charge in [-0.2, -0.15) is 0 Å². The van der Waals surface area contributed by atoms with Gasteiger partial charge in [0.15, 0.2) is 0 Å². The van der Waals surface area contributed by atoms with Gasteiger partial charge in [-0.3, -0.25) is 0 Å². The number of methoxy groups -OCH3 is 1. The lowest BCUT2D eigenvalue weighted by Crippen LogP contribution is -2.11. The third-order valence-electron chi connectivity index (χ3n) is 3.60. The van der Waals surface area contributed by atoms with Gasteiger partial charge in [0.25, 0.3) is 0 Å². The number of carbonyl (C=O) groups excluding carboxylic acids is 1. The summed E-state index contributed by atoms with van der Waals surface area (Å²) < 4.78 is 16.7. The van der Waals surface area contributed by atoms with E-state index in [2.05, 4.69) is 47.2 Å². The van der Waals surface area contributed by atoms with Gasteiger partial charge in [-0.25, -0.2) is 4.79 Å². The fraction of sp³-hybridized carbons (Fsp3) is 0.278. The molecule has 23 heavy (non-hydrogen) atoms. The monoisotopic (exact) mass is 426 g/mol. The molecule has 0 N–H and O–H groups in total. The van der Waals surface area contributed by atoms with Crippen LogP contribution in [0.5, 0.6) is 11.5 Å². The first kappa shape index (κ1) is 17.6. The highest BCUT2D eigenvalue weighted by molar-refractivity contribution is 14.1. The van der Waals surface area contributed by atoms with Crippen molar-refractivity contribution in [2.24, 2.45) is 0 Å². The van der Waals surface area contributed by atoms with Crippen molar-refractivity contribution in [1.29, 1.82) is 0 Å². The highest BCUT2D eigenvalue weighted by Gasteiger charge is 2.13. The van der Waals surface area contributed by atoms with Crippen LogP contribution < -0.4 is 9.47 Å². The Balaban J connectivity index is 2.23. The van der Waals surface area contributed by atoms with Crippen molar-refractivity contribution in [1.82, 2.24) is 0 Å². The van der Waals surface area contributed by atoms with E-state index in [4.69, 9.17) is 9.47 Å². The Hall–Kier alpha value is -1.76. The molecule has 2 rings (SSSR count). The van der Waals surface area contributed by atoms with E-state index in [-0.39, 0.29) is 0 Å². The number of hydrogen-bond donors (Lipinski definition) is 0. The molecule has 0 aliphatic heterocycles. The van der Waals surface area contributed by atoms with Crippen LogP contribution in [0.3, 0.4) is 0 Å². The summed E-state index contributed by atoms with van der Waals surface area (Å²) >= 11 is 2.20. The van der Waals surface area contributed by atoms with Gasteiger partial charge in [-0.05, 0) is 78.3 Å². The molecule has 0 saturated carbocycles. The van der Waals surface area contributed by atoms with Crippen molar-refractivity contribution in [2.45, 2.75) is 27.4 Å². The van der Waals surface area contributed by atoms with Crippen LogP contribution >= 0.6 is 22.6 Å². The van der Waals surface area contributed by atoms with E-state index in [1.807, 2.05) is 25.1 Å². The second-order valence-electron chi connectivity index (χ2n) is 5.26. The van der Waals surface area contributed by atoms with Gasteiger partial charge in [0.05, 0.1) is 7.11 Å². The molecule has 0 aliphatic rings. The number of ether oxygens (including phenoxy) is 3. The Kier molecular flexibility index (Phi) is 5.87. The van der Waals surface area contributed by atoms with Crippen LogP contribution in [0.15, 0.2) is 30.3 Å². The average molecular weight is 426 g/mol. The highest BCUT2D eigenvalue weighted by Crippen LogP contribution is 2.28. The first-order chi connectivity index (χ1) is 10.9. The van der Waals surface area contributed by atoms with Crippen molar-refractivity contribution < 1.29 is 19.0 Å². The van der Waals surface area contributed by atoms with E-state index in [0.717, 1.165) is 20.4 Å². The molecule has 0 spiro atoms. The van der Waals surface area contributed by atoms with Gasteiger partial charge in [0.1, 0.15) is 18.1 Å². The van der Waals surface area contributed by atoms with Gasteiger partial charge in [-0.15, -0.1) is 0 Å². The van der Waals surface area contributed by atoms with Crippen LogP contribution in [-0.2, 0) is 11.3 Å². The summed E-state index contributed by atoms with van der Waals surface area (Å²) in [6, 6.07) is 9.63. The standard InChI is InChI=1S/C18H19IO4/c1-11-8-13(3)17(9-12(11)2)22-10-14-15(19)6-5-7-16(14)23-18(20)21-4/h5-9H,10H2,1-4H3. The zero-order valence-corrected chi connectivity index (χ0v) is 15.8. The highest BCUT2D eigenvalue weighted by atomic mass is 127. The molecule has 0 atom stereocenters. The summed E-state index contributed by atoms with van der Waals surface area (Å²) in [5, 5.41) is 0. The Bertz CT molecular complexity index is 725. The van der Waals surface area contributed by atoms with Gasteiger partial charge in [0.2, 0.25) is 0 Å². The van der Waals surface area contributed by atoms with Crippen LogP contribution in [-0.4, -0.2) is 13.3 Å². The third kappa shape index (κ3) is 4.37. The molecule has 0 heterocycles. The second kappa shape index (κ2) is 7.68. The maximum absolute atomic E-state index is 11.4. The minimum Gasteiger partial charge on any atom is -0.488 e. The molecule has 0 aliphatic carbocycles. The van der Waals surface area contributed by atoms with E-state index < -0.39 is 6.16 Å². The van der Waals surface area contributed by atoms with Crippen molar-refractivity contribution in [3.05, 3.63) is 56.2 Å². The molecule has 0 unspecified atom stereocenters. The predicted octanol–water partition coefficient (Wildman–Crippen LogP) is 4.94. The van der Waals surface area contributed by atoms with Crippen LogP contribution in [0.25, 0.3) is 0 Å². The van der Waals surface area contributed by atoms with Gasteiger partial charge >= 0.3 is 6.16 Å². The zero-order valence-electron chi connectivity index (χ0n) is 13.6. The van der Waals surface area contributed by atoms with Gasteiger partial charge in [0, 0.05) is 9.13 Å². The van der Waals surface area contributed by atoms with Crippen molar-refractivity contribution in [3.63, 3.8) is 0 Å². The molecule has 0 bridgehead atoms. The normalized spacial score (nSPS) is 10.3. The molecule has 0 fully saturated rings. The lowest BCUT2D eigenvalue weighted by Gasteiger charge is -2.15. The Morgan fingerprint density at radius 3 is 2.43 bits per heavy atom. The summed E-state index contributed by atoms with van der Waals surface area (Å²) in [7, 11) is 1.28. The first-order valence-electron chi connectivity index (χ1n) is 7.16. The minimum absolute atomic E-state index is 0.314. The fourth-order valence-electron chi connectivity index (χ4n) is 2.15. The number of benzene rings is 2. The maximum atomic E-state index is 11.4. The summed E-state index contributed by atoms with van der Waals surface area (Å²) in [4.78, 5) is 11.4. The van der Waals surface area contributed by atoms with Gasteiger partial charge < -0.3 is 14.2 Å². The van der Waals surface area contributed by atoms with Crippen LogP contribution in [0.2, 0.25) is 0 Å². The number of aryl methyl sites for hydroxylation is 3. The van der Waals surface area contributed by atoms with Gasteiger partial charge in [-0.1, -0.05) is 12.1 Å². The average Bonchev–Trinajstić information content (AvgIpc) is 2.51. The maximum Gasteiger partial charge on any atom is 0.513 e. The predicted molar refractivity (Wildman–Crippen MR) is 97.2 cm³/mol.